The third-order valence-corrected chi connectivity index (χ3v) is 4.11. The van der Waals surface area contributed by atoms with Crippen LogP contribution in [0.3, 0.4) is 0 Å². The van der Waals surface area contributed by atoms with Crippen LogP contribution in [0.4, 0.5) is 0 Å². The van der Waals surface area contributed by atoms with Gasteiger partial charge in [-0.15, -0.1) is 0 Å². The molecule has 0 aliphatic carbocycles. The quantitative estimate of drug-likeness (QED) is 0.923. The molecule has 0 bridgehead atoms. The monoisotopic (exact) mass is 326 g/mol. The average Bonchev–Trinajstić information content (AvgIpc) is 2.59. The first kappa shape index (κ1) is 16.4. The highest BCUT2D eigenvalue weighted by molar-refractivity contribution is 5.62. The first-order chi connectivity index (χ1) is 11.4. The van der Waals surface area contributed by atoms with Crippen molar-refractivity contribution in [3.8, 4) is 17.2 Å². The van der Waals surface area contributed by atoms with Gasteiger partial charge in [-0.1, -0.05) is 18.2 Å². The predicted octanol–water partition coefficient (Wildman–Crippen LogP) is 3.97. The minimum Gasteiger partial charge on any atom is -0.493 e. The molecule has 1 N–H and O–H groups in total. The summed E-state index contributed by atoms with van der Waals surface area (Å²) in [5, 5.41) is 10.7. The first-order valence-corrected chi connectivity index (χ1v) is 7.86. The first-order valence-electron chi connectivity index (χ1n) is 7.86. The molecule has 0 aromatic heterocycles. The van der Waals surface area contributed by atoms with Gasteiger partial charge in [-0.05, 0) is 55.3 Å². The molecule has 1 unspecified atom stereocenters. The maximum atomic E-state index is 10.7. The van der Waals surface area contributed by atoms with E-state index in [1.54, 1.807) is 26.4 Å². The predicted molar refractivity (Wildman–Crippen MR) is 93.8 cm³/mol. The van der Waals surface area contributed by atoms with Gasteiger partial charge in [0.25, 0.3) is 0 Å². The highest BCUT2D eigenvalue weighted by atomic mass is 16.5. The Kier molecular flexibility index (Phi) is 4.24. The van der Waals surface area contributed by atoms with Gasteiger partial charge in [-0.3, -0.25) is 0 Å². The van der Waals surface area contributed by atoms with E-state index >= 15 is 0 Å². The molecule has 0 radical (unpaired) electrons. The summed E-state index contributed by atoms with van der Waals surface area (Å²) in [5.41, 5.74) is 2.20. The summed E-state index contributed by atoms with van der Waals surface area (Å²) in [6.07, 6.45) is 3.30. The smallest absolute Gasteiger partial charge is 0.161 e. The Morgan fingerprint density at radius 2 is 1.62 bits per heavy atom. The van der Waals surface area contributed by atoms with Crippen LogP contribution in [0, 0.1) is 0 Å². The molecule has 0 saturated heterocycles. The number of ether oxygens (including phenoxy) is 3. The van der Waals surface area contributed by atoms with Crippen molar-refractivity contribution < 1.29 is 19.3 Å². The number of aliphatic hydroxyl groups is 1. The van der Waals surface area contributed by atoms with Crippen molar-refractivity contribution in [1.82, 2.24) is 0 Å². The van der Waals surface area contributed by atoms with Crippen LogP contribution in [-0.2, 0) is 0 Å². The molecule has 0 amide bonds. The molecule has 1 aliphatic heterocycles. The number of fused-ring (bicyclic) bond motifs is 1. The van der Waals surface area contributed by atoms with Crippen molar-refractivity contribution in [2.75, 3.05) is 14.2 Å². The Balaban J connectivity index is 1.92. The third-order valence-electron chi connectivity index (χ3n) is 4.11. The van der Waals surface area contributed by atoms with Gasteiger partial charge in [0.15, 0.2) is 11.5 Å². The highest BCUT2D eigenvalue weighted by Gasteiger charge is 2.22. The zero-order valence-electron chi connectivity index (χ0n) is 14.4. The van der Waals surface area contributed by atoms with Crippen molar-refractivity contribution >= 4 is 6.08 Å². The zero-order chi connectivity index (χ0) is 17.3. The van der Waals surface area contributed by atoms with Crippen LogP contribution < -0.4 is 14.2 Å². The Morgan fingerprint density at radius 3 is 2.33 bits per heavy atom. The minimum absolute atomic E-state index is 0.309. The van der Waals surface area contributed by atoms with Gasteiger partial charge in [0.05, 0.1) is 14.2 Å². The van der Waals surface area contributed by atoms with E-state index in [1.165, 1.54) is 0 Å². The van der Waals surface area contributed by atoms with E-state index < -0.39 is 6.10 Å². The molecule has 0 spiro atoms. The highest BCUT2D eigenvalue weighted by Crippen LogP contribution is 2.36. The lowest BCUT2D eigenvalue weighted by Crippen LogP contribution is -2.27. The normalized spacial score (nSPS) is 16.0. The van der Waals surface area contributed by atoms with Gasteiger partial charge in [0, 0.05) is 5.56 Å². The third kappa shape index (κ3) is 3.10. The Bertz CT molecular complexity index is 777. The second kappa shape index (κ2) is 6.21. The Labute approximate surface area is 142 Å². The van der Waals surface area contributed by atoms with Gasteiger partial charge in [-0.2, -0.15) is 0 Å². The fraction of sp³-hybridized carbons (Fsp3) is 0.300. The number of methoxy groups -OCH3 is 2. The van der Waals surface area contributed by atoms with Gasteiger partial charge in [0.2, 0.25) is 0 Å². The number of hydrogen-bond acceptors (Lipinski definition) is 4. The molecular weight excluding hydrogens is 304 g/mol. The van der Waals surface area contributed by atoms with Crippen molar-refractivity contribution in [2.45, 2.75) is 25.6 Å². The molecule has 0 fully saturated rings. The van der Waals surface area contributed by atoms with Crippen molar-refractivity contribution in [3.63, 3.8) is 0 Å². The van der Waals surface area contributed by atoms with Gasteiger partial charge in [-0.25, -0.2) is 0 Å². The van der Waals surface area contributed by atoms with Gasteiger partial charge >= 0.3 is 0 Å². The molecule has 24 heavy (non-hydrogen) atoms. The van der Waals surface area contributed by atoms with Crippen LogP contribution >= 0.6 is 0 Å². The lowest BCUT2D eigenvalue weighted by atomic mass is 9.96. The molecule has 1 aliphatic rings. The summed E-state index contributed by atoms with van der Waals surface area (Å²) in [6, 6.07) is 11.2. The molecular formula is C20H22O4. The standard InChI is InChI=1S/C20H22O4/c1-20(2)10-9-13-11-14(5-7-16(13)24-20)19(21)15-6-8-17(22-3)18(12-15)23-4/h5-12,19,21H,1-4H3. The van der Waals surface area contributed by atoms with Crippen LogP contribution in [0.25, 0.3) is 6.08 Å². The van der Waals surface area contributed by atoms with Gasteiger partial charge in [0.1, 0.15) is 17.5 Å². The average molecular weight is 326 g/mol. The Morgan fingerprint density at radius 1 is 0.958 bits per heavy atom. The number of rotatable bonds is 4. The number of aliphatic hydroxyl groups excluding tert-OH is 1. The lowest BCUT2D eigenvalue weighted by Gasteiger charge is -2.28. The summed E-state index contributed by atoms with van der Waals surface area (Å²) in [6.45, 7) is 4.03. The van der Waals surface area contributed by atoms with E-state index in [2.05, 4.69) is 0 Å². The van der Waals surface area contributed by atoms with E-state index in [1.807, 2.05) is 50.3 Å². The summed E-state index contributed by atoms with van der Waals surface area (Å²) < 4.78 is 16.5. The SMILES string of the molecule is COc1ccc(C(O)c2ccc3c(c2)C=CC(C)(C)O3)cc1OC. The second-order valence-corrected chi connectivity index (χ2v) is 6.35. The van der Waals surface area contributed by atoms with Crippen molar-refractivity contribution in [1.29, 1.82) is 0 Å². The molecule has 0 saturated carbocycles. The van der Waals surface area contributed by atoms with E-state index in [0.29, 0.717) is 11.5 Å². The topological polar surface area (TPSA) is 47.9 Å². The van der Waals surface area contributed by atoms with Crippen LogP contribution in [0.2, 0.25) is 0 Å². The fourth-order valence-electron chi connectivity index (χ4n) is 2.78. The van der Waals surface area contributed by atoms with Crippen LogP contribution in [-0.4, -0.2) is 24.9 Å². The number of hydrogen-bond donors (Lipinski definition) is 1. The summed E-state index contributed by atoms with van der Waals surface area (Å²) >= 11 is 0. The van der Waals surface area contributed by atoms with Crippen LogP contribution in [0.15, 0.2) is 42.5 Å². The molecule has 2 aromatic carbocycles. The number of benzene rings is 2. The molecule has 3 rings (SSSR count). The fourth-order valence-corrected chi connectivity index (χ4v) is 2.78. The van der Waals surface area contributed by atoms with Crippen molar-refractivity contribution in [2.24, 2.45) is 0 Å². The van der Waals surface area contributed by atoms with E-state index in [0.717, 1.165) is 22.4 Å². The molecule has 4 heteroatoms. The molecule has 2 aromatic rings. The summed E-state index contributed by atoms with van der Waals surface area (Å²) in [5.74, 6) is 2.06. The lowest BCUT2D eigenvalue weighted by molar-refractivity contribution is 0.158. The molecule has 4 nitrogen and oxygen atoms in total. The maximum Gasteiger partial charge on any atom is 0.161 e. The van der Waals surface area contributed by atoms with Gasteiger partial charge < -0.3 is 19.3 Å². The van der Waals surface area contributed by atoms with E-state index in [4.69, 9.17) is 14.2 Å². The van der Waals surface area contributed by atoms with Crippen LogP contribution in [0.1, 0.15) is 36.6 Å². The Hall–Kier alpha value is -2.46. The van der Waals surface area contributed by atoms with E-state index in [-0.39, 0.29) is 5.60 Å². The summed E-state index contributed by atoms with van der Waals surface area (Å²) in [7, 11) is 3.17. The zero-order valence-corrected chi connectivity index (χ0v) is 14.4. The molecule has 126 valence electrons. The molecule has 1 heterocycles. The molecule has 1 atom stereocenters. The minimum atomic E-state index is -0.751. The van der Waals surface area contributed by atoms with Crippen molar-refractivity contribution in [3.05, 3.63) is 59.2 Å². The second-order valence-electron chi connectivity index (χ2n) is 6.35. The summed E-state index contributed by atoms with van der Waals surface area (Å²) in [4.78, 5) is 0. The maximum absolute atomic E-state index is 10.7. The van der Waals surface area contributed by atoms with Crippen LogP contribution in [0.5, 0.6) is 17.2 Å². The largest absolute Gasteiger partial charge is 0.493 e. The van der Waals surface area contributed by atoms with E-state index in [9.17, 15) is 5.11 Å².